The number of para-hydroxylation sites is 2. The predicted octanol–water partition coefficient (Wildman–Crippen LogP) is 35.9. The van der Waals surface area contributed by atoms with E-state index in [0.717, 1.165) is 254 Å². The quantitative estimate of drug-likeness (QED) is 0.121. The van der Waals surface area contributed by atoms with Crippen molar-refractivity contribution in [2.24, 2.45) is 0 Å². The Hall–Kier alpha value is -16.0. The second-order valence-electron chi connectivity index (χ2n) is 35.0. The molecule has 16 heteroatoms. The van der Waals surface area contributed by atoms with Gasteiger partial charge in [-0.15, -0.1) is 153 Å². The summed E-state index contributed by atoms with van der Waals surface area (Å²) in [4.78, 5) is 17.9. The normalized spacial score (nSPS) is 11.4. The maximum atomic E-state index is 6.41. The molecule has 12 aromatic heterocycles. The molecule has 30 aromatic rings. The Morgan fingerprint density at radius 3 is 0.833 bits per heavy atom. The van der Waals surface area contributed by atoms with E-state index in [0.29, 0.717) is 0 Å². The average molecular weight is 2580 g/mol. The van der Waals surface area contributed by atoms with Crippen molar-refractivity contribution in [2.45, 2.75) is 0 Å². The molecule has 692 valence electrons. The zero-order valence-corrected chi connectivity index (χ0v) is 86.4. The van der Waals surface area contributed by atoms with Crippen LogP contribution in [0, 0.1) is 24.3 Å². The third-order valence-corrected chi connectivity index (χ3v) is 27.7. The number of rotatable bonds is 10. The van der Waals surface area contributed by atoms with Gasteiger partial charge in [-0.3, -0.25) is 0 Å². The monoisotopic (exact) mass is 2580 g/mol. The largest absolute Gasteiger partial charge is 0.456 e. The Kier molecular flexibility index (Phi) is 24.7. The Morgan fingerprint density at radius 2 is 0.424 bits per heavy atom. The van der Waals surface area contributed by atoms with Gasteiger partial charge in [0.15, 0.2) is 0 Å². The molecule has 30 rings (SSSR count). The number of pyridine rings is 4. The van der Waals surface area contributed by atoms with Crippen molar-refractivity contribution in [1.29, 1.82) is 0 Å². The van der Waals surface area contributed by atoms with E-state index in [1.54, 1.807) is 12.4 Å². The number of thiophene rings is 1. The number of furan rings is 7. The van der Waals surface area contributed by atoms with Crippen molar-refractivity contribution in [3.05, 3.63) is 462 Å². The molecule has 11 nitrogen and oxygen atoms in total. The summed E-state index contributed by atoms with van der Waals surface area (Å²) in [6, 6.07) is 155. The maximum Gasteiger partial charge on any atom is 0.139 e. The molecule has 0 aliphatic rings. The molecule has 0 unspecified atom stereocenters. The summed E-state index contributed by atoms with van der Waals surface area (Å²) in [6.45, 7) is 0. The molecule has 0 bridgehead atoms. The van der Waals surface area contributed by atoms with Crippen LogP contribution in [0.5, 0.6) is 0 Å². The summed E-state index contributed by atoms with van der Waals surface area (Å²) >= 11 is 1.82. The SMILES string of the molecule is [Ir].[Ir].[Ir].[Ir].[c-]1ccc(-c2ccc3oc4cc5c(cc4c3c2)oc2ccccc25)cc1-c1ccccn1.[c-]1ccc(-c2ccc3oc4cc5oc6cc(-c7cccc(-c8ccccc8)c7)ccc6c5cc4c3c2)cc1-c1ccccn1.[c-]1ccc(-c2ccc3oc4cc5oc6ccccc6c5cc4c3c2)cc1-c1ccccn1.[c-]1ccc(-c2ccc3oc4cc5sc6ccccc6c5cc4c3c2)cc1-c1ccccn1. The smallest absolute Gasteiger partial charge is 0.139 e. The van der Waals surface area contributed by atoms with E-state index in [1.807, 2.05) is 188 Å². The minimum absolute atomic E-state index is 0. The molecule has 0 N–H and O–H groups in total. The molecule has 0 fully saturated rings. The van der Waals surface area contributed by atoms with E-state index < -0.39 is 0 Å². The van der Waals surface area contributed by atoms with Crippen LogP contribution in [0.25, 0.3) is 286 Å². The van der Waals surface area contributed by atoms with Crippen LogP contribution in [-0.2, 0) is 80.4 Å². The molecule has 4 radical (unpaired) electrons. The second kappa shape index (κ2) is 38.8. The molecular weight excluding hydrogens is 2510 g/mol. The molecule has 0 saturated carbocycles. The van der Waals surface area contributed by atoms with Crippen LogP contribution in [-0.4, -0.2) is 19.9 Å². The first kappa shape index (κ1) is 91.7. The van der Waals surface area contributed by atoms with Gasteiger partial charge >= 0.3 is 0 Å². The molecule has 12 heterocycles. The molecular formula is C128H72Ir4N4O7S-4. The van der Waals surface area contributed by atoms with Gasteiger partial charge in [-0.1, -0.05) is 182 Å². The van der Waals surface area contributed by atoms with Gasteiger partial charge < -0.3 is 50.9 Å². The van der Waals surface area contributed by atoms with Crippen LogP contribution in [0.15, 0.2) is 468 Å². The fourth-order valence-electron chi connectivity index (χ4n) is 19.7. The standard InChI is InChI=1S/C41H24NO2.2C29H16NO2.C29H16NOS.4Ir/c1-2-8-26(9-3-1)27-10-6-11-28(20-27)31-15-17-33-35-24-36-34-22-30(29-12-7-13-32(21-29)37-14-4-5-19-42-37)16-18-38(34)43-41(36)25-40(35)44-39(33)23-31;1-2-10-26-21(8-1)23-16-29-24(17-28(23)31-26)22-15-19(11-12-27(22)32-29)18-6-5-7-20(14-18)25-9-3-4-13-30-25;1-2-10-26-21(8-1)23-16-24-22-15-19(11-12-27(22)32-29(24)17-28(23)31-26)18-6-5-7-20(14-18)25-9-3-4-13-30-25;1-2-10-28-21(8-1)24-16-23-22-15-19(11-12-26(22)31-27(23)17-29(24)32-28)18-6-5-7-20(14-18)25-9-3-4-13-30-25;;;;/h1-12,14-25H;3*1-6,8-17H;;;;/q4*-1;;;;. The summed E-state index contributed by atoms with van der Waals surface area (Å²) < 4.78 is 46.0. The fourth-order valence-corrected chi connectivity index (χ4v) is 20.8. The summed E-state index contributed by atoms with van der Waals surface area (Å²) in [6.07, 6.45) is 7.23. The predicted molar refractivity (Wildman–Crippen MR) is 570 cm³/mol. The van der Waals surface area contributed by atoms with Crippen LogP contribution in [0.2, 0.25) is 0 Å². The van der Waals surface area contributed by atoms with Gasteiger partial charge in [0.25, 0.3) is 0 Å². The van der Waals surface area contributed by atoms with E-state index in [4.69, 9.17) is 30.9 Å². The molecule has 0 aliphatic heterocycles. The molecule has 0 saturated heterocycles. The van der Waals surface area contributed by atoms with E-state index in [2.05, 4.69) is 293 Å². The first-order valence-electron chi connectivity index (χ1n) is 46.3. The van der Waals surface area contributed by atoms with Gasteiger partial charge in [0.05, 0.1) is 0 Å². The van der Waals surface area contributed by atoms with E-state index in [1.165, 1.54) is 31.3 Å². The minimum atomic E-state index is 0. The first-order valence-corrected chi connectivity index (χ1v) is 47.1. The molecule has 0 aliphatic carbocycles. The van der Waals surface area contributed by atoms with Crippen molar-refractivity contribution in [2.75, 3.05) is 0 Å². The van der Waals surface area contributed by atoms with Gasteiger partial charge in [-0.05, 0) is 213 Å². The van der Waals surface area contributed by atoms with Crippen LogP contribution in [0.3, 0.4) is 0 Å². The molecule has 0 atom stereocenters. The molecule has 0 amide bonds. The van der Waals surface area contributed by atoms with Crippen molar-refractivity contribution in [1.82, 2.24) is 19.9 Å². The third kappa shape index (κ3) is 17.0. The Morgan fingerprint density at radius 1 is 0.153 bits per heavy atom. The minimum Gasteiger partial charge on any atom is -0.456 e. The zero-order chi connectivity index (χ0) is 92.2. The summed E-state index contributed by atoms with van der Waals surface area (Å²) in [5.41, 5.74) is 33.4. The van der Waals surface area contributed by atoms with Gasteiger partial charge in [-0.25, -0.2) is 0 Å². The van der Waals surface area contributed by atoms with E-state index >= 15 is 0 Å². The van der Waals surface area contributed by atoms with E-state index in [9.17, 15) is 0 Å². The molecule has 144 heavy (non-hydrogen) atoms. The number of hydrogen-bond donors (Lipinski definition) is 0. The summed E-state index contributed by atoms with van der Waals surface area (Å²) in [5, 5.41) is 17.9. The number of fused-ring (bicyclic) bond motifs is 24. The Bertz CT molecular complexity index is 9850. The zero-order valence-electron chi connectivity index (χ0n) is 76.0. The van der Waals surface area contributed by atoms with Gasteiger partial charge in [-0.2, -0.15) is 0 Å². The number of nitrogens with zero attached hydrogens (tertiary/aromatic N) is 4. The van der Waals surface area contributed by atoms with Crippen molar-refractivity contribution < 1.29 is 111 Å². The van der Waals surface area contributed by atoms with Crippen LogP contribution in [0.1, 0.15) is 0 Å². The van der Waals surface area contributed by atoms with Crippen molar-refractivity contribution in [3.63, 3.8) is 0 Å². The third-order valence-electron chi connectivity index (χ3n) is 26.6. The van der Waals surface area contributed by atoms with Crippen LogP contribution in [0.4, 0.5) is 0 Å². The average Bonchev–Trinajstić information content (AvgIpc) is 1.61. The Balaban J connectivity index is 0.000000106. The number of hydrogen-bond acceptors (Lipinski definition) is 12. The first-order chi connectivity index (χ1) is 69.3. The maximum absolute atomic E-state index is 6.41. The van der Waals surface area contributed by atoms with Gasteiger partial charge in [0, 0.05) is 213 Å². The number of aromatic nitrogens is 4. The summed E-state index contributed by atoms with van der Waals surface area (Å²) in [7, 11) is 0. The van der Waals surface area contributed by atoms with Crippen LogP contribution >= 0.6 is 11.3 Å². The molecule has 18 aromatic carbocycles. The molecule has 0 spiro atoms. The van der Waals surface area contributed by atoms with Gasteiger partial charge in [0.2, 0.25) is 0 Å². The number of benzene rings is 18. The Labute approximate surface area is 881 Å². The topological polar surface area (TPSA) is 144 Å². The second-order valence-corrected chi connectivity index (χ2v) is 36.1. The van der Waals surface area contributed by atoms with Crippen LogP contribution < -0.4 is 0 Å². The van der Waals surface area contributed by atoms with Gasteiger partial charge in [0.1, 0.15) is 78.2 Å². The fraction of sp³-hybridized carbons (Fsp3) is 0. The summed E-state index contributed by atoms with van der Waals surface area (Å²) in [5.74, 6) is 0. The van der Waals surface area contributed by atoms with Crippen molar-refractivity contribution >= 4 is 185 Å². The van der Waals surface area contributed by atoms with Crippen molar-refractivity contribution in [3.8, 4) is 112 Å². The van der Waals surface area contributed by atoms with E-state index in [-0.39, 0.29) is 80.4 Å².